The van der Waals surface area contributed by atoms with E-state index in [0.29, 0.717) is 6.54 Å². The van der Waals surface area contributed by atoms with Crippen LogP contribution in [0.4, 0.5) is 0 Å². The molecule has 1 aliphatic heterocycles. The number of hydrogen-bond acceptors (Lipinski definition) is 3. The molecule has 1 aliphatic rings. The van der Waals surface area contributed by atoms with Crippen LogP contribution in [0.1, 0.15) is 24.0 Å². The van der Waals surface area contributed by atoms with Gasteiger partial charge < -0.3 is 15.7 Å². The van der Waals surface area contributed by atoms with Crippen molar-refractivity contribution in [1.82, 2.24) is 10.6 Å². The quantitative estimate of drug-likeness (QED) is 0.675. The van der Waals surface area contributed by atoms with Gasteiger partial charge in [-0.1, -0.05) is 24.0 Å². The van der Waals surface area contributed by atoms with E-state index >= 15 is 0 Å². The van der Waals surface area contributed by atoms with Crippen molar-refractivity contribution in [1.29, 1.82) is 0 Å². The maximum Gasteiger partial charge on any atom is 0.0920 e. The van der Waals surface area contributed by atoms with Crippen molar-refractivity contribution in [3.05, 3.63) is 35.4 Å². The van der Waals surface area contributed by atoms with Crippen LogP contribution in [0.15, 0.2) is 24.3 Å². The first-order chi connectivity index (χ1) is 8.74. The highest BCUT2D eigenvalue weighted by molar-refractivity contribution is 5.38. The molecule has 1 aromatic rings. The van der Waals surface area contributed by atoms with Gasteiger partial charge in [-0.05, 0) is 50.7 Å². The first-order valence-corrected chi connectivity index (χ1v) is 6.42. The van der Waals surface area contributed by atoms with Crippen LogP contribution < -0.4 is 10.6 Å². The topological polar surface area (TPSA) is 44.3 Å². The normalized spacial score (nSPS) is 17.9. The maximum atomic E-state index is 10.6. The van der Waals surface area contributed by atoms with E-state index < -0.39 is 5.60 Å². The van der Waals surface area contributed by atoms with E-state index in [4.69, 9.17) is 0 Å². The predicted octanol–water partition coefficient (Wildman–Crippen LogP) is 0.828. The largest absolute Gasteiger partial charge is 0.385 e. The summed E-state index contributed by atoms with van der Waals surface area (Å²) in [4.78, 5) is 0. The molecule has 0 saturated carbocycles. The summed E-state index contributed by atoms with van der Waals surface area (Å²) < 4.78 is 0. The maximum absolute atomic E-state index is 10.6. The van der Waals surface area contributed by atoms with Gasteiger partial charge in [0.1, 0.15) is 0 Å². The lowest BCUT2D eigenvalue weighted by atomic mass is 9.85. The van der Waals surface area contributed by atoms with Crippen molar-refractivity contribution in [2.75, 3.05) is 26.7 Å². The van der Waals surface area contributed by atoms with Crippen LogP contribution in [-0.2, 0) is 5.60 Å². The third-order valence-corrected chi connectivity index (χ3v) is 3.35. The summed E-state index contributed by atoms with van der Waals surface area (Å²) in [7, 11) is 1.88. The zero-order chi connectivity index (χ0) is 12.8. The van der Waals surface area contributed by atoms with E-state index in [1.165, 1.54) is 0 Å². The molecule has 1 heterocycles. The SMILES string of the molecule is CNCC#Cc1ccc(C2(O)CCNCC2)cc1. The number of benzene rings is 1. The number of piperidine rings is 1. The Bertz CT molecular complexity index is 436. The highest BCUT2D eigenvalue weighted by Gasteiger charge is 2.30. The molecular formula is C15H20N2O. The zero-order valence-corrected chi connectivity index (χ0v) is 10.8. The number of nitrogens with one attached hydrogen (secondary N) is 2. The summed E-state index contributed by atoms with van der Waals surface area (Å²) in [6, 6.07) is 7.96. The molecule has 3 nitrogen and oxygen atoms in total. The zero-order valence-electron chi connectivity index (χ0n) is 10.8. The van der Waals surface area contributed by atoms with Crippen LogP contribution in [0.5, 0.6) is 0 Å². The third kappa shape index (κ3) is 3.11. The molecule has 3 N–H and O–H groups in total. The molecule has 2 rings (SSSR count). The Labute approximate surface area is 109 Å². The minimum Gasteiger partial charge on any atom is -0.385 e. The Morgan fingerprint density at radius 1 is 1.28 bits per heavy atom. The molecule has 3 heteroatoms. The van der Waals surface area contributed by atoms with Crippen LogP contribution in [0, 0.1) is 11.8 Å². The van der Waals surface area contributed by atoms with E-state index in [-0.39, 0.29) is 0 Å². The second-order valence-corrected chi connectivity index (χ2v) is 4.69. The van der Waals surface area contributed by atoms with Crippen LogP contribution in [0.25, 0.3) is 0 Å². The second-order valence-electron chi connectivity index (χ2n) is 4.69. The summed E-state index contributed by atoms with van der Waals surface area (Å²) >= 11 is 0. The molecule has 0 atom stereocenters. The summed E-state index contributed by atoms with van der Waals surface area (Å²) in [5.41, 5.74) is 1.33. The standard InChI is InChI=1S/C15H20N2O/c1-16-10-2-3-13-4-6-14(7-5-13)15(18)8-11-17-12-9-15/h4-7,16-18H,8-12H2,1H3. The molecule has 18 heavy (non-hydrogen) atoms. The van der Waals surface area contributed by atoms with Crippen LogP contribution in [-0.4, -0.2) is 31.8 Å². The van der Waals surface area contributed by atoms with Crippen molar-refractivity contribution in [3.63, 3.8) is 0 Å². The van der Waals surface area contributed by atoms with Gasteiger partial charge in [-0.25, -0.2) is 0 Å². The molecule has 0 bridgehead atoms. The van der Waals surface area contributed by atoms with Gasteiger partial charge >= 0.3 is 0 Å². The van der Waals surface area contributed by atoms with E-state index in [1.807, 2.05) is 31.3 Å². The van der Waals surface area contributed by atoms with Gasteiger partial charge in [0.05, 0.1) is 12.1 Å². The average molecular weight is 244 g/mol. The van der Waals surface area contributed by atoms with Gasteiger partial charge in [0, 0.05) is 5.56 Å². The Hall–Kier alpha value is -1.34. The Kier molecular flexibility index (Phi) is 4.38. The smallest absolute Gasteiger partial charge is 0.0920 e. The van der Waals surface area contributed by atoms with Gasteiger partial charge in [-0.3, -0.25) is 0 Å². The lowest BCUT2D eigenvalue weighted by molar-refractivity contribution is 0.00594. The Morgan fingerprint density at radius 2 is 1.94 bits per heavy atom. The molecule has 0 amide bonds. The van der Waals surface area contributed by atoms with E-state index in [9.17, 15) is 5.11 Å². The monoisotopic (exact) mass is 244 g/mol. The summed E-state index contributed by atoms with van der Waals surface area (Å²) in [5, 5.41) is 16.8. The molecule has 1 fully saturated rings. The molecule has 1 saturated heterocycles. The fourth-order valence-electron chi connectivity index (χ4n) is 2.23. The van der Waals surface area contributed by atoms with Gasteiger partial charge in [-0.15, -0.1) is 0 Å². The molecule has 0 unspecified atom stereocenters. The minimum absolute atomic E-state index is 0.665. The van der Waals surface area contributed by atoms with E-state index in [2.05, 4.69) is 22.5 Å². The van der Waals surface area contributed by atoms with Crippen molar-refractivity contribution in [3.8, 4) is 11.8 Å². The number of rotatable bonds is 2. The van der Waals surface area contributed by atoms with Gasteiger partial charge in [-0.2, -0.15) is 0 Å². The number of hydrogen-bond donors (Lipinski definition) is 3. The first kappa shape index (κ1) is 13.1. The van der Waals surface area contributed by atoms with Crippen molar-refractivity contribution < 1.29 is 5.11 Å². The highest BCUT2D eigenvalue weighted by Crippen LogP contribution is 2.30. The van der Waals surface area contributed by atoms with Crippen LogP contribution in [0.2, 0.25) is 0 Å². The molecule has 0 aromatic heterocycles. The molecule has 0 radical (unpaired) electrons. The Balaban J connectivity index is 2.10. The molecule has 0 aliphatic carbocycles. The van der Waals surface area contributed by atoms with E-state index in [0.717, 1.165) is 37.1 Å². The third-order valence-electron chi connectivity index (χ3n) is 3.35. The summed E-state index contributed by atoms with van der Waals surface area (Å²) in [5.74, 6) is 6.11. The first-order valence-electron chi connectivity index (χ1n) is 6.42. The number of aliphatic hydroxyl groups is 1. The fourth-order valence-corrected chi connectivity index (χ4v) is 2.23. The van der Waals surface area contributed by atoms with Crippen LogP contribution in [0.3, 0.4) is 0 Å². The van der Waals surface area contributed by atoms with Gasteiger partial charge in [0.2, 0.25) is 0 Å². The second kappa shape index (κ2) is 6.01. The van der Waals surface area contributed by atoms with E-state index in [1.54, 1.807) is 0 Å². The molecule has 96 valence electrons. The molecular weight excluding hydrogens is 224 g/mol. The lowest BCUT2D eigenvalue weighted by Crippen LogP contribution is -2.39. The summed E-state index contributed by atoms with van der Waals surface area (Å²) in [6.07, 6.45) is 1.55. The van der Waals surface area contributed by atoms with Gasteiger partial charge in [0.15, 0.2) is 0 Å². The van der Waals surface area contributed by atoms with Crippen molar-refractivity contribution in [2.45, 2.75) is 18.4 Å². The lowest BCUT2D eigenvalue weighted by Gasteiger charge is -2.33. The van der Waals surface area contributed by atoms with Crippen molar-refractivity contribution in [2.24, 2.45) is 0 Å². The summed E-state index contributed by atoms with van der Waals surface area (Å²) in [6.45, 7) is 2.44. The molecule has 1 aromatic carbocycles. The highest BCUT2D eigenvalue weighted by atomic mass is 16.3. The van der Waals surface area contributed by atoms with Crippen molar-refractivity contribution >= 4 is 0 Å². The fraction of sp³-hybridized carbons (Fsp3) is 0.467. The molecule has 0 spiro atoms. The van der Waals surface area contributed by atoms with Gasteiger partial charge in [0.25, 0.3) is 0 Å². The van der Waals surface area contributed by atoms with Crippen LogP contribution >= 0.6 is 0 Å². The average Bonchev–Trinajstić information content (AvgIpc) is 2.41. The Morgan fingerprint density at radius 3 is 2.56 bits per heavy atom. The predicted molar refractivity (Wildman–Crippen MR) is 73.2 cm³/mol. The minimum atomic E-state index is -0.665.